The van der Waals surface area contributed by atoms with Gasteiger partial charge in [-0.15, -0.1) is 0 Å². The van der Waals surface area contributed by atoms with E-state index in [1.807, 2.05) is 33.7 Å². The van der Waals surface area contributed by atoms with E-state index in [-0.39, 0.29) is 0 Å². The molecule has 1 aromatic carbocycles. The second-order valence-electron chi connectivity index (χ2n) is 3.19. The van der Waals surface area contributed by atoms with Gasteiger partial charge in [-0.05, 0) is 12.1 Å². The molecule has 1 aliphatic heterocycles. The fourth-order valence-corrected chi connectivity index (χ4v) is 3.52. The lowest BCUT2D eigenvalue weighted by Crippen LogP contribution is -2.27. The van der Waals surface area contributed by atoms with Gasteiger partial charge in [0.15, 0.2) is 0 Å². The molecule has 2 rings (SSSR count). The second kappa shape index (κ2) is 4.84. The minimum Gasteiger partial charge on any atom is -0.397 e. The predicted octanol–water partition coefficient (Wildman–Crippen LogP) is 2.47. The summed E-state index contributed by atoms with van der Waals surface area (Å²) in [6.45, 7) is 2.21. The molecule has 1 heterocycles. The molecular formula is C10H14N2S2. The Morgan fingerprint density at radius 3 is 2.36 bits per heavy atom. The van der Waals surface area contributed by atoms with E-state index in [2.05, 4.69) is 17.0 Å². The highest BCUT2D eigenvalue weighted by atomic mass is 33.1. The molecule has 0 bridgehead atoms. The summed E-state index contributed by atoms with van der Waals surface area (Å²) < 4.78 is 0. The molecule has 1 aliphatic rings. The molecular weight excluding hydrogens is 212 g/mol. The number of anilines is 2. The van der Waals surface area contributed by atoms with Crippen LogP contribution in [0.15, 0.2) is 24.3 Å². The predicted molar refractivity (Wildman–Crippen MR) is 68.0 cm³/mol. The zero-order valence-corrected chi connectivity index (χ0v) is 9.61. The van der Waals surface area contributed by atoms with Crippen LogP contribution in [0.3, 0.4) is 0 Å². The maximum Gasteiger partial charge on any atom is 0.0600 e. The van der Waals surface area contributed by atoms with Gasteiger partial charge in [0.2, 0.25) is 0 Å². The van der Waals surface area contributed by atoms with E-state index in [0.29, 0.717) is 0 Å². The third-order valence-corrected chi connectivity index (χ3v) is 4.61. The molecule has 0 saturated carbocycles. The molecule has 14 heavy (non-hydrogen) atoms. The summed E-state index contributed by atoms with van der Waals surface area (Å²) in [5.74, 6) is 2.36. The van der Waals surface area contributed by atoms with E-state index in [0.717, 1.165) is 18.8 Å². The Bertz CT molecular complexity index is 296. The van der Waals surface area contributed by atoms with Gasteiger partial charge in [0.05, 0.1) is 11.4 Å². The van der Waals surface area contributed by atoms with Crippen molar-refractivity contribution in [1.82, 2.24) is 0 Å². The summed E-state index contributed by atoms with van der Waals surface area (Å²) in [5, 5.41) is 0. The normalized spacial score (nSPS) is 17.9. The van der Waals surface area contributed by atoms with E-state index >= 15 is 0 Å². The average molecular weight is 226 g/mol. The van der Waals surface area contributed by atoms with Crippen LogP contribution in [0.1, 0.15) is 0 Å². The van der Waals surface area contributed by atoms with Crippen LogP contribution >= 0.6 is 21.6 Å². The summed E-state index contributed by atoms with van der Waals surface area (Å²) in [7, 11) is 3.91. The molecule has 0 unspecified atom stereocenters. The highest BCUT2D eigenvalue weighted by molar-refractivity contribution is 8.76. The topological polar surface area (TPSA) is 29.3 Å². The fraction of sp³-hybridized carbons (Fsp3) is 0.400. The average Bonchev–Trinajstić information content (AvgIpc) is 2.47. The van der Waals surface area contributed by atoms with Gasteiger partial charge in [-0.2, -0.15) is 0 Å². The molecule has 1 aromatic rings. The highest BCUT2D eigenvalue weighted by Gasteiger charge is 2.11. The van der Waals surface area contributed by atoms with Crippen LogP contribution in [0, 0.1) is 0 Å². The Morgan fingerprint density at radius 2 is 1.71 bits per heavy atom. The first-order chi connectivity index (χ1) is 6.88. The Labute approximate surface area is 92.6 Å². The molecule has 0 amide bonds. The second-order valence-corrected chi connectivity index (χ2v) is 5.89. The number of para-hydroxylation sites is 2. The molecule has 0 aromatic heterocycles. The van der Waals surface area contributed by atoms with Gasteiger partial charge >= 0.3 is 0 Å². The van der Waals surface area contributed by atoms with Crippen molar-refractivity contribution in [3.05, 3.63) is 24.3 Å². The smallest absolute Gasteiger partial charge is 0.0600 e. The number of nitrogens with two attached hydrogens (primary N) is 1. The van der Waals surface area contributed by atoms with Gasteiger partial charge in [0, 0.05) is 24.6 Å². The van der Waals surface area contributed by atoms with Crippen LogP contribution in [0.5, 0.6) is 0 Å². The molecule has 2 nitrogen and oxygen atoms in total. The SMILES string of the molecule is Nc1ccccc1N1CCSSCC1. The van der Waals surface area contributed by atoms with Crippen molar-refractivity contribution >= 4 is 33.0 Å². The Morgan fingerprint density at radius 1 is 1.07 bits per heavy atom. The zero-order valence-electron chi connectivity index (χ0n) is 7.98. The molecule has 4 heteroatoms. The van der Waals surface area contributed by atoms with E-state index < -0.39 is 0 Å². The maximum atomic E-state index is 5.95. The Hall–Kier alpha value is -0.480. The fourth-order valence-electron chi connectivity index (χ4n) is 1.54. The van der Waals surface area contributed by atoms with Gasteiger partial charge < -0.3 is 10.6 Å². The first kappa shape index (κ1) is 10.1. The summed E-state index contributed by atoms with van der Waals surface area (Å²) in [6, 6.07) is 8.12. The largest absolute Gasteiger partial charge is 0.397 e. The van der Waals surface area contributed by atoms with E-state index in [1.54, 1.807) is 0 Å². The number of benzene rings is 1. The standard InChI is InChI=1S/C10H14N2S2/c11-9-3-1-2-4-10(9)12-5-7-13-14-8-6-12/h1-4H,5-8,11H2. The molecule has 0 spiro atoms. The first-order valence-corrected chi connectivity index (χ1v) is 7.20. The summed E-state index contributed by atoms with van der Waals surface area (Å²) in [6.07, 6.45) is 0. The van der Waals surface area contributed by atoms with Gasteiger partial charge in [-0.25, -0.2) is 0 Å². The van der Waals surface area contributed by atoms with Crippen molar-refractivity contribution in [3.63, 3.8) is 0 Å². The van der Waals surface area contributed by atoms with Crippen LogP contribution in [-0.2, 0) is 0 Å². The third kappa shape index (κ3) is 2.30. The lowest BCUT2D eigenvalue weighted by atomic mass is 10.2. The lowest BCUT2D eigenvalue weighted by Gasteiger charge is -2.23. The van der Waals surface area contributed by atoms with Crippen LogP contribution in [-0.4, -0.2) is 24.6 Å². The minimum absolute atomic E-state index is 0.893. The molecule has 2 N–H and O–H groups in total. The van der Waals surface area contributed by atoms with E-state index in [1.165, 1.54) is 17.2 Å². The maximum absolute atomic E-state index is 5.95. The van der Waals surface area contributed by atoms with Crippen molar-refractivity contribution in [2.75, 3.05) is 35.2 Å². The van der Waals surface area contributed by atoms with Gasteiger partial charge in [0.25, 0.3) is 0 Å². The number of nitrogens with zero attached hydrogens (tertiary/aromatic N) is 1. The number of hydrogen-bond acceptors (Lipinski definition) is 4. The summed E-state index contributed by atoms with van der Waals surface area (Å²) >= 11 is 0. The lowest BCUT2D eigenvalue weighted by molar-refractivity contribution is 0.886. The third-order valence-electron chi connectivity index (χ3n) is 2.25. The number of hydrogen-bond donors (Lipinski definition) is 1. The van der Waals surface area contributed by atoms with Crippen LogP contribution in [0.25, 0.3) is 0 Å². The quantitative estimate of drug-likeness (QED) is 0.588. The van der Waals surface area contributed by atoms with Crippen LogP contribution in [0.4, 0.5) is 11.4 Å². The minimum atomic E-state index is 0.893. The van der Waals surface area contributed by atoms with Gasteiger partial charge in [-0.3, -0.25) is 0 Å². The molecule has 1 saturated heterocycles. The van der Waals surface area contributed by atoms with E-state index in [9.17, 15) is 0 Å². The van der Waals surface area contributed by atoms with Gasteiger partial charge in [0.1, 0.15) is 0 Å². The molecule has 1 fully saturated rings. The summed E-state index contributed by atoms with van der Waals surface area (Å²) in [4.78, 5) is 2.38. The van der Waals surface area contributed by atoms with Crippen LogP contribution in [0.2, 0.25) is 0 Å². The zero-order chi connectivity index (χ0) is 9.80. The summed E-state index contributed by atoms with van der Waals surface area (Å²) in [5.41, 5.74) is 8.03. The van der Waals surface area contributed by atoms with E-state index in [4.69, 9.17) is 5.73 Å². The number of nitrogen functional groups attached to an aromatic ring is 1. The van der Waals surface area contributed by atoms with Crippen molar-refractivity contribution < 1.29 is 0 Å². The number of rotatable bonds is 1. The Kier molecular flexibility index (Phi) is 3.48. The van der Waals surface area contributed by atoms with Crippen molar-refractivity contribution in [3.8, 4) is 0 Å². The highest BCUT2D eigenvalue weighted by Crippen LogP contribution is 2.29. The molecule has 0 atom stereocenters. The van der Waals surface area contributed by atoms with Crippen molar-refractivity contribution in [1.29, 1.82) is 0 Å². The monoisotopic (exact) mass is 226 g/mol. The Balaban J connectivity index is 2.16. The van der Waals surface area contributed by atoms with Gasteiger partial charge in [-0.1, -0.05) is 33.7 Å². The first-order valence-electron chi connectivity index (χ1n) is 4.72. The van der Waals surface area contributed by atoms with Crippen molar-refractivity contribution in [2.45, 2.75) is 0 Å². The van der Waals surface area contributed by atoms with Crippen LogP contribution < -0.4 is 10.6 Å². The van der Waals surface area contributed by atoms with Crippen molar-refractivity contribution in [2.24, 2.45) is 0 Å². The molecule has 0 aliphatic carbocycles. The molecule has 76 valence electrons. The molecule has 0 radical (unpaired) electrons.